The van der Waals surface area contributed by atoms with Gasteiger partial charge >= 0.3 is 0 Å². The number of nitrogen functional groups attached to an aromatic ring is 1. The molecule has 1 aliphatic rings. The highest BCUT2D eigenvalue weighted by Gasteiger charge is 2.30. The number of piperidine rings is 1. The number of hydrazine groups is 1. The summed E-state index contributed by atoms with van der Waals surface area (Å²) in [6, 6.07) is 3.68. The summed E-state index contributed by atoms with van der Waals surface area (Å²) in [7, 11) is -3.72. The zero-order valence-electron chi connectivity index (χ0n) is 11.7. The number of nitrogens with one attached hydrogen (secondary N) is 1. The maximum absolute atomic E-state index is 12.6. The lowest BCUT2D eigenvalue weighted by Gasteiger charge is -2.30. The standard InChI is InChI=1S/C12H18N4O4S/c1-9-3-2-6-15(8-9)21(19,20)10-4-5-11(14-13)12(7-10)16(17)18/h4-5,7,9,14H,2-3,6,8,13H2,1H3. The maximum atomic E-state index is 12.6. The molecule has 0 aliphatic carbocycles. The summed E-state index contributed by atoms with van der Waals surface area (Å²) in [6.07, 6.45) is 1.78. The van der Waals surface area contributed by atoms with Crippen molar-refractivity contribution in [1.82, 2.24) is 4.31 Å². The van der Waals surface area contributed by atoms with Gasteiger partial charge in [0.1, 0.15) is 5.69 Å². The first-order valence-electron chi connectivity index (χ1n) is 6.61. The average Bonchev–Trinajstić information content (AvgIpc) is 2.46. The SMILES string of the molecule is CC1CCCN(S(=O)(=O)c2ccc(NN)c([N+](=O)[O-])c2)C1. The molecule has 2 rings (SSSR count). The monoisotopic (exact) mass is 314 g/mol. The van der Waals surface area contributed by atoms with Crippen molar-refractivity contribution in [1.29, 1.82) is 0 Å². The average molecular weight is 314 g/mol. The van der Waals surface area contributed by atoms with Crippen LogP contribution in [-0.2, 0) is 10.0 Å². The minimum atomic E-state index is -3.72. The van der Waals surface area contributed by atoms with Gasteiger partial charge in [-0.05, 0) is 30.9 Å². The number of benzene rings is 1. The third-order valence-electron chi connectivity index (χ3n) is 3.58. The third-order valence-corrected chi connectivity index (χ3v) is 5.44. The molecule has 0 spiro atoms. The number of sulfonamides is 1. The summed E-state index contributed by atoms with van der Waals surface area (Å²) in [5, 5.41) is 11.0. The van der Waals surface area contributed by atoms with Gasteiger partial charge in [0.05, 0.1) is 9.82 Å². The molecule has 1 aliphatic heterocycles. The topological polar surface area (TPSA) is 119 Å². The lowest BCUT2D eigenvalue weighted by molar-refractivity contribution is -0.384. The highest BCUT2D eigenvalue weighted by molar-refractivity contribution is 7.89. The molecule has 21 heavy (non-hydrogen) atoms. The van der Waals surface area contributed by atoms with Crippen molar-refractivity contribution in [2.24, 2.45) is 11.8 Å². The van der Waals surface area contributed by atoms with Gasteiger partial charge in [0.2, 0.25) is 10.0 Å². The fourth-order valence-corrected chi connectivity index (χ4v) is 4.08. The van der Waals surface area contributed by atoms with Gasteiger partial charge in [0, 0.05) is 19.2 Å². The van der Waals surface area contributed by atoms with Gasteiger partial charge in [-0.15, -0.1) is 0 Å². The summed E-state index contributed by atoms with van der Waals surface area (Å²) in [6.45, 7) is 2.87. The molecule has 1 aromatic carbocycles. The highest BCUT2D eigenvalue weighted by Crippen LogP contribution is 2.30. The van der Waals surface area contributed by atoms with E-state index >= 15 is 0 Å². The second-order valence-electron chi connectivity index (χ2n) is 5.19. The molecule has 0 aromatic heterocycles. The molecule has 1 unspecified atom stereocenters. The van der Waals surface area contributed by atoms with Crippen molar-refractivity contribution in [3.05, 3.63) is 28.3 Å². The predicted molar refractivity (Wildman–Crippen MR) is 78.1 cm³/mol. The fourth-order valence-electron chi connectivity index (χ4n) is 2.46. The molecule has 0 radical (unpaired) electrons. The zero-order valence-corrected chi connectivity index (χ0v) is 12.5. The first-order chi connectivity index (χ1) is 9.86. The number of nitrogens with two attached hydrogens (primary N) is 1. The predicted octanol–water partition coefficient (Wildman–Crippen LogP) is 1.30. The Hall–Kier alpha value is -1.71. The lowest BCUT2D eigenvalue weighted by Crippen LogP contribution is -2.39. The Kier molecular flexibility index (Phi) is 4.45. The third kappa shape index (κ3) is 3.14. The molecule has 0 bridgehead atoms. The Morgan fingerprint density at radius 2 is 2.19 bits per heavy atom. The highest BCUT2D eigenvalue weighted by atomic mass is 32.2. The van der Waals surface area contributed by atoms with E-state index in [9.17, 15) is 18.5 Å². The van der Waals surface area contributed by atoms with E-state index in [1.807, 2.05) is 6.92 Å². The molecule has 116 valence electrons. The van der Waals surface area contributed by atoms with E-state index in [1.54, 1.807) is 0 Å². The molecule has 1 aromatic rings. The van der Waals surface area contributed by atoms with Crippen LogP contribution in [0.15, 0.2) is 23.1 Å². The van der Waals surface area contributed by atoms with Gasteiger partial charge < -0.3 is 5.43 Å². The molecule has 1 saturated heterocycles. The summed E-state index contributed by atoms with van der Waals surface area (Å²) in [5.41, 5.74) is 1.91. The van der Waals surface area contributed by atoms with Crippen molar-refractivity contribution < 1.29 is 13.3 Å². The zero-order chi connectivity index (χ0) is 15.6. The molecule has 0 amide bonds. The molecular weight excluding hydrogens is 296 g/mol. The summed E-state index contributed by atoms with van der Waals surface area (Å²) < 4.78 is 26.5. The molecule has 1 fully saturated rings. The second-order valence-corrected chi connectivity index (χ2v) is 7.13. The van der Waals surface area contributed by atoms with Crippen LogP contribution < -0.4 is 11.3 Å². The molecule has 1 heterocycles. The molecule has 1 atom stereocenters. The van der Waals surface area contributed by atoms with Gasteiger partial charge in [-0.2, -0.15) is 4.31 Å². The minimum absolute atomic E-state index is 0.0750. The normalized spacial score (nSPS) is 20.2. The quantitative estimate of drug-likeness (QED) is 0.491. The molecule has 9 heteroatoms. The van der Waals surface area contributed by atoms with E-state index in [4.69, 9.17) is 5.84 Å². The van der Waals surface area contributed by atoms with Crippen LogP contribution >= 0.6 is 0 Å². The van der Waals surface area contributed by atoms with Crippen LogP contribution in [0.5, 0.6) is 0 Å². The van der Waals surface area contributed by atoms with Crippen LogP contribution in [0.25, 0.3) is 0 Å². The lowest BCUT2D eigenvalue weighted by atomic mass is 10.0. The van der Waals surface area contributed by atoms with E-state index in [1.165, 1.54) is 16.4 Å². The van der Waals surface area contributed by atoms with Crippen molar-refractivity contribution in [2.45, 2.75) is 24.7 Å². The van der Waals surface area contributed by atoms with Gasteiger partial charge in [0.25, 0.3) is 5.69 Å². The smallest absolute Gasteiger partial charge is 0.294 e. The Morgan fingerprint density at radius 3 is 2.76 bits per heavy atom. The van der Waals surface area contributed by atoms with Crippen LogP contribution in [-0.4, -0.2) is 30.7 Å². The van der Waals surface area contributed by atoms with Gasteiger partial charge in [0.15, 0.2) is 0 Å². The first kappa shape index (κ1) is 15.7. The molecule has 3 N–H and O–H groups in total. The largest absolute Gasteiger partial charge is 0.318 e. The van der Waals surface area contributed by atoms with Crippen LogP contribution in [0.4, 0.5) is 11.4 Å². The van der Waals surface area contributed by atoms with Crippen molar-refractivity contribution in [2.75, 3.05) is 18.5 Å². The number of hydrogen-bond acceptors (Lipinski definition) is 6. The number of rotatable bonds is 4. The summed E-state index contributed by atoms with van der Waals surface area (Å²) in [4.78, 5) is 10.2. The Labute approximate surface area is 123 Å². The Bertz CT molecular complexity index is 647. The van der Waals surface area contributed by atoms with E-state index in [2.05, 4.69) is 5.43 Å². The van der Waals surface area contributed by atoms with Crippen LogP contribution in [0.3, 0.4) is 0 Å². The first-order valence-corrected chi connectivity index (χ1v) is 8.05. The number of anilines is 1. The number of nitrogens with zero attached hydrogens (tertiary/aromatic N) is 2. The molecular formula is C12H18N4O4S. The fraction of sp³-hybridized carbons (Fsp3) is 0.500. The molecule has 8 nitrogen and oxygen atoms in total. The minimum Gasteiger partial charge on any atom is -0.318 e. The number of hydrogen-bond donors (Lipinski definition) is 2. The van der Waals surface area contributed by atoms with E-state index < -0.39 is 14.9 Å². The summed E-state index contributed by atoms with van der Waals surface area (Å²) >= 11 is 0. The van der Waals surface area contributed by atoms with E-state index in [-0.39, 0.29) is 22.2 Å². The van der Waals surface area contributed by atoms with Crippen molar-refractivity contribution in [3.8, 4) is 0 Å². The van der Waals surface area contributed by atoms with E-state index in [0.29, 0.717) is 13.1 Å². The van der Waals surface area contributed by atoms with Crippen molar-refractivity contribution in [3.63, 3.8) is 0 Å². The number of nitro groups is 1. The van der Waals surface area contributed by atoms with Gasteiger partial charge in [-0.3, -0.25) is 16.0 Å². The molecule has 0 saturated carbocycles. The van der Waals surface area contributed by atoms with Crippen LogP contribution in [0.2, 0.25) is 0 Å². The summed E-state index contributed by atoms with van der Waals surface area (Å²) in [5.74, 6) is 5.48. The second kappa shape index (κ2) is 5.96. The van der Waals surface area contributed by atoms with Crippen molar-refractivity contribution >= 4 is 21.4 Å². The maximum Gasteiger partial charge on any atom is 0.294 e. The van der Waals surface area contributed by atoms with Gasteiger partial charge in [-0.25, -0.2) is 8.42 Å². The van der Waals surface area contributed by atoms with Crippen LogP contribution in [0, 0.1) is 16.0 Å². The number of nitro benzene ring substituents is 1. The Balaban J connectivity index is 2.40. The van der Waals surface area contributed by atoms with Gasteiger partial charge in [-0.1, -0.05) is 6.92 Å². The van der Waals surface area contributed by atoms with Crippen LogP contribution in [0.1, 0.15) is 19.8 Å². The van der Waals surface area contributed by atoms with E-state index in [0.717, 1.165) is 18.9 Å². The Morgan fingerprint density at radius 1 is 1.48 bits per heavy atom.